The van der Waals surface area contributed by atoms with Gasteiger partial charge in [-0.05, 0) is 111 Å². The highest BCUT2D eigenvalue weighted by atomic mass is 16.5. The van der Waals surface area contributed by atoms with E-state index in [1.54, 1.807) is 0 Å². The van der Waals surface area contributed by atoms with Gasteiger partial charge in [0.1, 0.15) is 17.3 Å². The van der Waals surface area contributed by atoms with Gasteiger partial charge in [-0.15, -0.1) is 0 Å². The number of aromatic nitrogens is 4. The molecule has 64 heavy (non-hydrogen) atoms. The van der Waals surface area contributed by atoms with Crippen molar-refractivity contribution in [3.63, 3.8) is 0 Å². The van der Waals surface area contributed by atoms with Crippen molar-refractivity contribution in [2.24, 2.45) is 0 Å². The monoisotopic (exact) mass is 820 g/mol. The molecule has 0 N–H and O–H groups in total. The number of rotatable bonds is 6. The van der Waals surface area contributed by atoms with Crippen LogP contribution in [0.2, 0.25) is 0 Å². The Morgan fingerprint density at radius 2 is 0.922 bits per heavy atom. The van der Waals surface area contributed by atoms with Gasteiger partial charge >= 0.3 is 0 Å². The zero-order valence-corrected chi connectivity index (χ0v) is 35.3. The second-order valence-electron chi connectivity index (χ2n) is 16.6. The molecule has 1 atom stereocenters. The van der Waals surface area contributed by atoms with E-state index in [9.17, 15) is 0 Å². The maximum atomic E-state index is 6.96. The van der Waals surface area contributed by atoms with Gasteiger partial charge < -0.3 is 4.74 Å². The number of para-hydroxylation sites is 1. The lowest BCUT2D eigenvalue weighted by molar-refractivity contribution is 0.436. The molecule has 3 heterocycles. The van der Waals surface area contributed by atoms with Gasteiger partial charge in [0.05, 0.1) is 5.41 Å². The minimum absolute atomic E-state index is 0.628. The molecule has 10 aromatic rings. The highest BCUT2D eigenvalue weighted by Gasteiger charge is 2.51. The lowest BCUT2D eigenvalue weighted by Crippen LogP contribution is -2.32. The summed E-state index contributed by atoms with van der Waals surface area (Å²) >= 11 is 0. The summed E-state index contributed by atoms with van der Waals surface area (Å²) in [6, 6.07) is 69.1. The van der Waals surface area contributed by atoms with E-state index in [-0.39, 0.29) is 0 Å². The van der Waals surface area contributed by atoms with Gasteiger partial charge in [0.25, 0.3) is 0 Å². The van der Waals surface area contributed by atoms with E-state index in [0.717, 1.165) is 83.8 Å². The summed E-state index contributed by atoms with van der Waals surface area (Å²) in [6.45, 7) is 4.08. The first-order valence-corrected chi connectivity index (χ1v) is 21.7. The number of benzene rings is 8. The molecule has 5 heteroatoms. The van der Waals surface area contributed by atoms with Crippen LogP contribution in [0, 0.1) is 13.8 Å². The Morgan fingerprint density at radius 3 is 1.70 bits per heavy atom. The molecule has 1 spiro atoms. The molecule has 1 aliphatic heterocycles. The van der Waals surface area contributed by atoms with Gasteiger partial charge in [-0.1, -0.05) is 164 Å². The summed E-state index contributed by atoms with van der Waals surface area (Å²) in [7, 11) is 0. The maximum absolute atomic E-state index is 6.96. The second kappa shape index (κ2) is 15.0. The minimum atomic E-state index is -0.628. The highest BCUT2D eigenvalue weighted by molar-refractivity contribution is 5.92. The topological polar surface area (TPSA) is 60.8 Å². The van der Waals surface area contributed by atoms with Crippen LogP contribution in [-0.2, 0) is 5.41 Å². The van der Waals surface area contributed by atoms with Gasteiger partial charge in [0, 0.05) is 40.2 Å². The van der Waals surface area contributed by atoms with E-state index in [4.69, 9.17) is 19.7 Å². The van der Waals surface area contributed by atoms with Crippen LogP contribution in [-0.4, -0.2) is 19.9 Å². The molecule has 0 radical (unpaired) electrons. The number of hydrogen-bond donors (Lipinski definition) is 0. The van der Waals surface area contributed by atoms with Gasteiger partial charge in [0.2, 0.25) is 0 Å². The second-order valence-corrected chi connectivity index (χ2v) is 16.6. The third kappa shape index (κ3) is 5.93. The number of pyridine rings is 1. The Morgan fingerprint density at radius 1 is 0.359 bits per heavy atom. The fraction of sp³-hybridized carbons (Fsp3) is 0.0508. The zero-order chi connectivity index (χ0) is 42.8. The summed E-state index contributed by atoms with van der Waals surface area (Å²) in [5.74, 6) is 3.65. The van der Waals surface area contributed by atoms with Crippen LogP contribution >= 0.6 is 0 Å². The van der Waals surface area contributed by atoms with Crippen molar-refractivity contribution in [1.82, 2.24) is 19.9 Å². The standard InChI is InChI=1S/C59H40N4O/c1-37-31-32-60-36-50(37)41-18-14-17-40(33-41)45-20-6-7-21-46(45)42-27-30-54-56(35-42)64-55-26-13-12-25-53(55)59(54)51-24-11-10-22-47(51)49-34-43(28-29-52(49)59)57-61-38(2)62-58(63-57)48-23-9-8-19-44(48)39-15-4-3-5-16-39/h3-36H,1-2H3. The average Bonchev–Trinajstić information content (AvgIpc) is 3.64. The number of hydrogen-bond acceptors (Lipinski definition) is 5. The van der Waals surface area contributed by atoms with E-state index < -0.39 is 5.41 Å². The Kier molecular flexibility index (Phi) is 8.76. The van der Waals surface area contributed by atoms with E-state index in [1.807, 2.05) is 31.5 Å². The predicted octanol–water partition coefficient (Wildman–Crippen LogP) is 14.4. The first-order valence-electron chi connectivity index (χ1n) is 21.7. The van der Waals surface area contributed by atoms with Crippen molar-refractivity contribution in [2.45, 2.75) is 19.3 Å². The molecular formula is C59H40N4O. The SMILES string of the molecule is Cc1nc(-c2ccc3c(c2)-c2ccccc2C32c3ccccc3Oc3cc(-c4ccccc4-c4cccc(-c5cnccc5C)c4)ccc32)nc(-c2ccccc2-c2ccccc2)n1. The quantitative estimate of drug-likeness (QED) is 0.167. The van der Waals surface area contributed by atoms with Crippen LogP contribution in [0.3, 0.4) is 0 Å². The number of ether oxygens (including phenoxy) is 1. The molecule has 8 aromatic carbocycles. The molecule has 0 saturated carbocycles. The zero-order valence-electron chi connectivity index (χ0n) is 35.3. The lowest BCUT2D eigenvalue weighted by Gasteiger charge is -2.39. The molecule has 12 rings (SSSR count). The maximum Gasteiger partial charge on any atom is 0.164 e. The molecule has 302 valence electrons. The molecule has 0 saturated heterocycles. The van der Waals surface area contributed by atoms with E-state index >= 15 is 0 Å². The van der Waals surface area contributed by atoms with E-state index in [2.05, 4.69) is 194 Å². The van der Waals surface area contributed by atoms with Crippen LogP contribution in [0.15, 0.2) is 207 Å². The summed E-state index contributed by atoms with van der Waals surface area (Å²) in [4.78, 5) is 19.4. The summed E-state index contributed by atoms with van der Waals surface area (Å²) < 4.78 is 6.96. The third-order valence-corrected chi connectivity index (χ3v) is 13.0. The molecule has 2 aromatic heterocycles. The first-order chi connectivity index (χ1) is 31.5. The molecular weight excluding hydrogens is 781 g/mol. The van der Waals surface area contributed by atoms with Gasteiger partial charge in [-0.3, -0.25) is 4.98 Å². The Bertz CT molecular complexity index is 3470. The Labute approximate surface area is 372 Å². The van der Waals surface area contributed by atoms with Crippen LogP contribution in [0.5, 0.6) is 11.5 Å². The lowest BCUT2D eigenvalue weighted by atomic mass is 9.66. The van der Waals surface area contributed by atoms with Crippen LogP contribution in [0.4, 0.5) is 0 Å². The molecule has 1 aliphatic carbocycles. The fourth-order valence-electron chi connectivity index (χ4n) is 10.1. The summed E-state index contributed by atoms with van der Waals surface area (Å²) in [5.41, 5.74) is 18.5. The molecule has 0 fully saturated rings. The molecule has 0 bridgehead atoms. The first kappa shape index (κ1) is 37.5. The van der Waals surface area contributed by atoms with Crippen molar-refractivity contribution in [1.29, 1.82) is 0 Å². The van der Waals surface area contributed by atoms with E-state index in [1.165, 1.54) is 22.3 Å². The van der Waals surface area contributed by atoms with Gasteiger partial charge in [0.15, 0.2) is 11.6 Å². The van der Waals surface area contributed by atoms with Crippen molar-refractivity contribution in [3.05, 3.63) is 240 Å². The van der Waals surface area contributed by atoms with Crippen molar-refractivity contribution >= 4 is 0 Å². The smallest absolute Gasteiger partial charge is 0.164 e. The summed E-state index contributed by atoms with van der Waals surface area (Å²) in [5, 5.41) is 0. The Hall–Kier alpha value is -8.28. The van der Waals surface area contributed by atoms with Crippen molar-refractivity contribution in [3.8, 4) is 89.9 Å². The van der Waals surface area contributed by atoms with E-state index in [0.29, 0.717) is 17.5 Å². The van der Waals surface area contributed by atoms with Crippen LogP contribution in [0.25, 0.3) is 78.4 Å². The average molecular weight is 821 g/mol. The fourth-order valence-corrected chi connectivity index (χ4v) is 10.1. The van der Waals surface area contributed by atoms with Crippen molar-refractivity contribution in [2.75, 3.05) is 0 Å². The number of fused-ring (bicyclic) bond motifs is 9. The normalized spacial score (nSPS) is 14.3. The Balaban J connectivity index is 0.999. The molecule has 1 unspecified atom stereocenters. The third-order valence-electron chi connectivity index (χ3n) is 13.0. The summed E-state index contributed by atoms with van der Waals surface area (Å²) in [6.07, 6.45) is 3.80. The van der Waals surface area contributed by atoms with Gasteiger partial charge in [-0.2, -0.15) is 0 Å². The van der Waals surface area contributed by atoms with Crippen LogP contribution < -0.4 is 4.74 Å². The minimum Gasteiger partial charge on any atom is -0.457 e. The van der Waals surface area contributed by atoms with Crippen molar-refractivity contribution < 1.29 is 4.74 Å². The molecule has 5 nitrogen and oxygen atoms in total. The molecule has 0 amide bonds. The highest BCUT2D eigenvalue weighted by Crippen LogP contribution is 2.62. The number of nitrogens with zero attached hydrogens (tertiary/aromatic N) is 4. The predicted molar refractivity (Wildman–Crippen MR) is 257 cm³/mol. The molecule has 2 aliphatic rings. The largest absolute Gasteiger partial charge is 0.457 e. The van der Waals surface area contributed by atoms with Gasteiger partial charge in [-0.25, -0.2) is 15.0 Å². The van der Waals surface area contributed by atoms with Crippen LogP contribution in [0.1, 0.15) is 33.6 Å². The number of aryl methyl sites for hydroxylation is 2.